The number of ether oxygens (including phenoxy) is 1. The van der Waals surface area contributed by atoms with Crippen LogP contribution in [0.1, 0.15) is 13.3 Å². The smallest absolute Gasteiger partial charge is 0.243 e. The molecule has 1 heterocycles. The molecule has 0 unspecified atom stereocenters. The van der Waals surface area contributed by atoms with Crippen molar-refractivity contribution in [3.8, 4) is 11.6 Å². The molecule has 1 N–H and O–H groups in total. The van der Waals surface area contributed by atoms with E-state index in [4.69, 9.17) is 16.3 Å². The molecule has 106 valence electrons. The van der Waals surface area contributed by atoms with Crippen LogP contribution in [0.15, 0.2) is 28.9 Å². The molecular weight excluding hydrogens is 349 g/mol. The molecule has 4 nitrogen and oxygen atoms in total. The summed E-state index contributed by atoms with van der Waals surface area (Å²) in [6, 6.07) is 4.47. The summed E-state index contributed by atoms with van der Waals surface area (Å²) in [5.41, 5.74) is 0. The summed E-state index contributed by atoms with van der Waals surface area (Å²) in [5.74, 6) is 0.0534. The Hall–Kier alpha value is -1.40. The highest BCUT2D eigenvalue weighted by atomic mass is 79.9. The molecule has 2 aromatic rings. The number of aromatic nitrogens is 2. The van der Waals surface area contributed by atoms with Gasteiger partial charge in [-0.2, -0.15) is 4.98 Å². The van der Waals surface area contributed by atoms with Crippen LogP contribution in [-0.2, 0) is 0 Å². The van der Waals surface area contributed by atoms with Crippen LogP contribution < -0.4 is 10.1 Å². The standard InChI is InChI=1S/C13H12BrClFN3O/c1-2-5-17-13-18-7-9(15)12(19-13)20-11-4-3-8(14)6-10(11)16/h3-4,6-7H,2,5H2,1H3,(H,17,18,19). The highest BCUT2D eigenvalue weighted by molar-refractivity contribution is 9.10. The summed E-state index contributed by atoms with van der Waals surface area (Å²) in [4.78, 5) is 8.13. The van der Waals surface area contributed by atoms with Crippen molar-refractivity contribution in [2.24, 2.45) is 0 Å². The van der Waals surface area contributed by atoms with Crippen molar-refractivity contribution in [1.82, 2.24) is 9.97 Å². The number of hydrogen-bond donors (Lipinski definition) is 1. The number of rotatable bonds is 5. The van der Waals surface area contributed by atoms with Crippen molar-refractivity contribution in [1.29, 1.82) is 0 Å². The fourth-order valence-corrected chi connectivity index (χ4v) is 1.87. The van der Waals surface area contributed by atoms with Gasteiger partial charge in [0.1, 0.15) is 5.02 Å². The SMILES string of the molecule is CCCNc1ncc(Cl)c(Oc2ccc(Br)cc2F)n1. The molecule has 0 aliphatic rings. The third-order valence-electron chi connectivity index (χ3n) is 2.35. The highest BCUT2D eigenvalue weighted by Crippen LogP contribution is 2.30. The quantitative estimate of drug-likeness (QED) is 0.843. The van der Waals surface area contributed by atoms with Gasteiger partial charge in [0.25, 0.3) is 0 Å². The molecular formula is C13H12BrClFN3O. The van der Waals surface area contributed by atoms with Gasteiger partial charge in [0, 0.05) is 11.0 Å². The first-order chi connectivity index (χ1) is 9.60. The van der Waals surface area contributed by atoms with Crippen molar-refractivity contribution in [2.75, 3.05) is 11.9 Å². The van der Waals surface area contributed by atoms with Gasteiger partial charge in [-0.05, 0) is 24.6 Å². The van der Waals surface area contributed by atoms with Crippen molar-refractivity contribution in [2.45, 2.75) is 13.3 Å². The van der Waals surface area contributed by atoms with Gasteiger partial charge in [0.2, 0.25) is 11.8 Å². The molecule has 0 saturated heterocycles. The summed E-state index contributed by atoms with van der Waals surface area (Å²) in [6.07, 6.45) is 2.35. The van der Waals surface area contributed by atoms with Crippen LogP contribution in [0.25, 0.3) is 0 Å². The van der Waals surface area contributed by atoms with Gasteiger partial charge < -0.3 is 10.1 Å². The lowest BCUT2D eigenvalue weighted by Crippen LogP contribution is -2.05. The van der Waals surface area contributed by atoms with Gasteiger partial charge in [0.15, 0.2) is 11.6 Å². The topological polar surface area (TPSA) is 47.0 Å². The predicted octanol–water partition coefficient (Wildman–Crippen LogP) is 4.65. The van der Waals surface area contributed by atoms with Crippen molar-refractivity contribution >= 4 is 33.5 Å². The summed E-state index contributed by atoms with van der Waals surface area (Å²) >= 11 is 9.13. The molecule has 20 heavy (non-hydrogen) atoms. The van der Waals surface area contributed by atoms with Gasteiger partial charge in [-0.1, -0.05) is 34.5 Å². The number of hydrogen-bond acceptors (Lipinski definition) is 4. The minimum Gasteiger partial charge on any atom is -0.434 e. The molecule has 1 aromatic carbocycles. The molecule has 0 fully saturated rings. The van der Waals surface area contributed by atoms with E-state index < -0.39 is 5.82 Å². The van der Waals surface area contributed by atoms with Crippen molar-refractivity contribution < 1.29 is 9.13 Å². The van der Waals surface area contributed by atoms with Gasteiger partial charge in [-0.3, -0.25) is 0 Å². The van der Waals surface area contributed by atoms with E-state index in [0.29, 0.717) is 10.4 Å². The number of anilines is 1. The van der Waals surface area contributed by atoms with E-state index in [1.54, 1.807) is 6.07 Å². The summed E-state index contributed by atoms with van der Waals surface area (Å²) < 4.78 is 19.7. The van der Waals surface area contributed by atoms with Crippen LogP contribution >= 0.6 is 27.5 Å². The Balaban J connectivity index is 2.23. The first-order valence-electron chi connectivity index (χ1n) is 5.99. The molecule has 0 amide bonds. The number of nitrogens with zero attached hydrogens (tertiary/aromatic N) is 2. The monoisotopic (exact) mass is 359 g/mol. The Bertz CT molecular complexity index is 612. The fourth-order valence-electron chi connectivity index (χ4n) is 1.41. The van der Waals surface area contributed by atoms with E-state index in [-0.39, 0.29) is 16.7 Å². The molecule has 7 heteroatoms. The van der Waals surface area contributed by atoms with Crippen LogP contribution in [0.2, 0.25) is 5.02 Å². The molecule has 0 spiro atoms. The highest BCUT2D eigenvalue weighted by Gasteiger charge is 2.11. The van der Waals surface area contributed by atoms with Crippen LogP contribution in [0.3, 0.4) is 0 Å². The summed E-state index contributed by atoms with van der Waals surface area (Å²) in [6.45, 7) is 2.76. The average Bonchev–Trinajstić information content (AvgIpc) is 2.42. The number of benzene rings is 1. The van der Waals surface area contributed by atoms with Crippen LogP contribution in [0, 0.1) is 5.82 Å². The van der Waals surface area contributed by atoms with E-state index in [1.807, 2.05) is 6.92 Å². The molecule has 0 saturated carbocycles. The van der Waals surface area contributed by atoms with E-state index >= 15 is 0 Å². The van der Waals surface area contributed by atoms with Crippen LogP contribution in [-0.4, -0.2) is 16.5 Å². The maximum absolute atomic E-state index is 13.7. The minimum atomic E-state index is -0.503. The maximum Gasteiger partial charge on any atom is 0.243 e. The molecule has 1 aromatic heterocycles. The first-order valence-corrected chi connectivity index (χ1v) is 7.16. The Labute approximate surface area is 129 Å². The lowest BCUT2D eigenvalue weighted by molar-refractivity contribution is 0.427. The van der Waals surface area contributed by atoms with E-state index in [0.717, 1.165) is 13.0 Å². The third kappa shape index (κ3) is 3.80. The second-order valence-corrected chi connectivity index (χ2v) is 5.27. The summed E-state index contributed by atoms with van der Waals surface area (Å²) in [7, 11) is 0. The molecule has 0 bridgehead atoms. The normalized spacial score (nSPS) is 10.4. The van der Waals surface area contributed by atoms with Crippen LogP contribution in [0.5, 0.6) is 11.6 Å². The Morgan fingerprint density at radius 3 is 2.95 bits per heavy atom. The van der Waals surface area contributed by atoms with Crippen molar-refractivity contribution in [3.05, 3.63) is 39.7 Å². The fraction of sp³-hybridized carbons (Fsp3) is 0.231. The molecule has 0 aliphatic heterocycles. The molecule has 0 radical (unpaired) electrons. The lowest BCUT2D eigenvalue weighted by atomic mass is 10.3. The van der Waals surface area contributed by atoms with E-state index in [9.17, 15) is 4.39 Å². The van der Waals surface area contributed by atoms with Gasteiger partial charge in [-0.25, -0.2) is 9.37 Å². The molecule has 0 aliphatic carbocycles. The predicted molar refractivity (Wildman–Crippen MR) is 80.0 cm³/mol. The minimum absolute atomic E-state index is 0.0511. The van der Waals surface area contributed by atoms with Gasteiger partial charge in [-0.15, -0.1) is 0 Å². The Kier molecular flexibility index (Phi) is 5.14. The zero-order valence-electron chi connectivity index (χ0n) is 10.7. The van der Waals surface area contributed by atoms with Crippen LogP contribution in [0.4, 0.5) is 10.3 Å². The molecule has 2 rings (SSSR count). The second kappa shape index (κ2) is 6.85. The Morgan fingerprint density at radius 1 is 1.45 bits per heavy atom. The largest absolute Gasteiger partial charge is 0.434 e. The zero-order valence-corrected chi connectivity index (χ0v) is 13.0. The number of halogens is 3. The number of nitrogens with one attached hydrogen (secondary N) is 1. The zero-order chi connectivity index (χ0) is 14.5. The first kappa shape index (κ1) is 15.0. The second-order valence-electron chi connectivity index (χ2n) is 3.95. The van der Waals surface area contributed by atoms with Gasteiger partial charge >= 0.3 is 0 Å². The average molecular weight is 361 g/mol. The van der Waals surface area contributed by atoms with E-state index in [2.05, 4.69) is 31.2 Å². The van der Waals surface area contributed by atoms with Crippen molar-refractivity contribution in [3.63, 3.8) is 0 Å². The third-order valence-corrected chi connectivity index (χ3v) is 3.10. The van der Waals surface area contributed by atoms with E-state index in [1.165, 1.54) is 18.3 Å². The lowest BCUT2D eigenvalue weighted by Gasteiger charge is -2.09. The maximum atomic E-state index is 13.7. The summed E-state index contributed by atoms with van der Waals surface area (Å²) in [5, 5.41) is 3.23. The molecule has 0 atom stereocenters. The van der Waals surface area contributed by atoms with Gasteiger partial charge in [0.05, 0.1) is 6.20 Å². The Morgan fingerprint density at radius 2 is 2.25 bits per heavy atom.